The van der Waals surface area contributed by atoms with Crippen LogP contribution in [0.5, 0.6) is 0 Å². The fraction of sp³-hybridized carbons (Fsp3) is 0.714. The van der Waals surface area contributed by atoms with Crippen molar-refractivity contribution in [2.45, 2.75) is 57.2 Å². The van der Waals surface area contributed by atoms with Crippen molar-refractivity contribution in [1.29, 1.82) is 0 Å². The van der Waals surface area contributed by atoms with Crippen LogP contribution >= 0.6 is 15.9 Å². The van der Waals surface area contributed by atoms with Gasteiger partial charge in [0.15, 0.2) is 0 Å². The van der Waals surface area contributed by atoms with Crippen LogP contribution in [0, 0.1) is 17.3 Å². The second-order valence-electron chi connectivity index (χ2n) is 8.49. The van der Waals surface area contributed by atoms with Crippen LogP contribution in [0.3, 0.4) is 0 Å². The number of methoxy groups -OCH3 is 1. The minimum absolute atomic E-state index is 0.0487. The van der Waals surface area contributed by atoms with E-state index in [1.807, 2.05) is 6.20 Å². The largest absolute Gasteiger partial charge is 0.493 e. The van der Waals surface area contributed by atoms with Crippen molar-refractivity contribution in [2.24, 2.45) is 17.3 Å². The lowest BCUT2D eigenvalue weighted by molar-refractivity contribution is -0.142. The maximum Gasteiger partial charge on any atom is 0.305 e. The smallest absolute Gasteiger partial charge is 0.305 e. The molecule has 1 spiro atoms. The predicted molar refractivity (Wildman–Crippen MR) is 107 cm³/mol. The van der Waals surface area contributed by atoms with E-state index in [1.54, 1.807) is 12.2 Å². The van der Waals surface area contributed by atoms with Crippen LogP contribution in [0.25, 0.3) is 0 Å². The molecule has 0 saturated heterocycles. The van der Waals surface area contributed by atoms with Crippen molar-refractivity contribution < 1.29 is 29.0 Å². The van der Waals surface area contributed by atoms with Crippen molar-refractivity contribution in [3.8, 4) is 0 Å². The summed E-state index contributed by atoms with van der Waals surface area (Å²) in [5, 5.41) is 12.2. The monoisotopic (exact) mass is 469 g/mol. The molecule has 5 atom stereocenters. The van der Waals surface area contributed by atoms with Gasteiger partial charge in [-0.1, -0.05) is 15.9 Å². The molecule has 0 radical (unpaired) electrons. The van der Waals surface area contributed by atoms with Gasteiger partial charge in [0.1, 0.15) is 11.9 Å². The van der Waals surface area contributed by atoms with E-state index in [-0.39, 0.29) is 42.5 Å². The van der Waals surface area contributed by atoms with E-state index < -0.39 is 11.5 Å². The average molecular weight is 470 g/mol. The Morgan fingerprint density at radius 3 is 2.86 bits per heavy atom. The minimum Gasteiger partial charge on any atom is -0.493 e. The molecule has 4 aliphatic rings. The molecule has 0 aromatic carbocycles. The molecule has 0 aromatic heterocycles. The maximum atomic E-state index is 12.9. The van der Waals surface area contributed by atoms with Gasteiger partial charge in [-0.15, -0.1) is 0 Å². The van der Waals surface area contributed by atoms with E-state index in [4.69, 9.17) is 9.57 Å². The van der Waals surface area contributed by atoms with Crippen LogP contribution in [0.4, 0.5) is 0 Å². The van der Waals surface area contributed by atoms with Crippen LogP contribution in [-0.2, 0) is 23.9 Å². The van der Waals surface area contributed by atoms with Crippen molar-refractivity contribution >= 4 is 27.7 Å². The molecule has 2 heterocycles. The summed E-state index contributed by atoms with van der Waals surface area (Å²) < 4.78 is 12.0. The average Bonchev–Trinajstić information content (AvgIpc) is 2.99. The maximum absolute atomic E-state index is 12.9. The summed E-state index contributed by atoms with van der Waals surface area (Å²) in [6.45, 7) is 0.639. The van der Waals surface area contributed by atoms with Gasteiger partial charge >= 0.3 is 5.97 Å². The lowest BCUT2D eigenvalue weighted by atomic mass is 9.60. The number of carbonyl (C=O) groups excluding carboxylic acids is 2. The number of aliphatic hydroxyl groups excluding tert-OH is 1. The molecule has 0 bridgehead atoms. The Labute approximate surface area is 179 Å². The Morgan fingerprint density at radius 1 is 1.34 bits per heavy atom. The molecule has 8 heteroatoms. The van der Waals surface area contributed by atoms with Crippen LogP contribution in [0.15, 0.2) is 22.0 Å². The molecule has 2 aliphatic carbocycles. The van der Waals surface area contributed by atoms with Crippen LogP contribution in [0.2, 0.25) is 0 Å². The first-order valence-electron chi connectivity index (χ1n) is 10.2. The predicted octanol–water partition coefficient (Wildman–Crippen LogP) is 2.83. The summed E-state index contributed by atoms with van der Waals surface area (Å²) in [7, 11) is 2.98. The second-order valence-corrected chi connectivity index (χ2v) is 9.34. The van der Waals surface area contributed by atoms with Crippen LogP contribution in [0.1, 0.15) is 44.9 Å². The molecule has 7 nitrogen and oxygen atoms in total. The number of carbonyl (C=O) groups is 2. The molecule has 1 fully saturated rings. The van der Waals surface area contributed by atoms with Gasteiger partial charge in [0, 0.05) is 35.4 Å². The summed E-state index contributed by atoms with van der Waals surface area (Å²) in [6.07, 6.45) is 5.15. The number of aliphatic hydroxyl groups is 1. The van der Waals surface area contributed by atoms with Gasteiger partial charge in [-0.3, -0.25) is 19.5 Å². The number of halogens is 1. The summed E-state index contributed by atoms with van der Waals surface area (Å²) in [4.78, 5) is 29.9. The topological polar surface area (TPSA) is 85.3 Å². The zero-order valence-corrected chi connectivity index (χ0v) is 18.4. The minimum atomic E-state index is -0.427. The van der Waals surface area contributed by atoms with E-state index in [0.29, 0.717) is 25.8 Å². The second kappa shape index (κ2) is 8.04. The Hall–Kier alpha value is -1.38. The highest BCUT2D eigenvalue weighted by Gasteiger charge is 2.60. The van der Waals surface area contributed by atoms with Gasteiger partial charge in [-0.2, -0.15) is 0 Å². The number of rotatable bonds is 5. The number of hydroxylamine groups is 2. The van der Waals surface area contributed by atoms with E-state index in [2.05, 4.69) is 20.7 Å². The van der Waals surface area contributed by atoms with Crippen LogP contribution in [-0.4, -0.2) is 54.9 Å². The number of nitrogens with zero attached hydrogens (tertiary/aromatic N) is 1. The molecule has 4 unspecified atom stereocenters. The Balaban J connectivity index is 1.67. The standard InChI is InChI=1S/C21H28BrNO6/c1-27-19(26)6-4-15(25)12-3-5-18-21(9-12)17(22)11-23(28-2)10-13-7-14(24)8-16(29-18)20(13)21/h11-14,18,24H,3-10H2,1-2H3/t12?,13-,14?,18?,21?/m0/s1. The summed E-state index contributed by atoms with van der Waals surface area (Å²) in [6, 6.07) is 0. The number of ketones is 1. The first-order valence-corrected chi connectivity index (χ1v) is 11.0. The Morgan fingerprint density at radius 2 is 2.14 bits per heavy atom. The molecule has 1 N–H and O–H groups in total. The van der Waals surface area contributed by atoms with Crippen molar-refractivity contribution in [2.75, 3.05) is 20.8 Å². The van der Waals surface area contributed by atoms with Crippen molar-refractivity contribution in [3.63, 3.8) is 0 Å². The zero-order valence-electron chi connectivity index (χ0n) is 16.9. The lowest BCUT2D eigenvalue weighted by Crippen LogP contribution is -2.44. The van der Waals surface area contributed by atoms with E-state index >= 15 is 0 Å². The number of Topliss-reactive ketones (excluding diaryl/α,β-unsaturated/α-hetero) is 1. The third-order valence-electron chi connectivity index (χ3n) is 6.92. The number of ether oxygens (including phenoxy) is 2. The van der Waals surface area contributed by atoms with Crippen LogP contribution < -0.4 is 0 Å². The van der Waals surface area contributed by atoms with Gasteiger partial charge in [0.2, 0.25) is 0 Å². The van der Waals surface area contributed by atoms with Gasteiger partial charge in [0.05, 0.1) is 44.5 Å². The number of esters is 1. The molecule has 2 aliphatic heterocycles. The fourth-order valence-electron chi connectivity index (χ4n) is 5.63. The highest BCUT2D eigenvalue weighted by Crippen LogP contribution is 2.63. The van der Waals surface area contributed by atoms with Crippen molar-refractivity contribution in [1.82, 2.24) is 5.06 Å². The van der Waals surface area contributed by atoms with Gasteiger partial charge in [-0.25, -0.2) is 0 Å². The molecule has 1 saturated carbocycles. The van der Waals surface area contributed by atoms with E-state index in [9.17, 15) is 14.7 Å². The Bertz CT molecular complexity index is 764. The molecule has 29 heavy (non-hydrogen) atoms. The third-order valence-corrected chi connectivity index (χ3v) is 7.84. The molecule has 4 rings (SSSR count). The Kier molecular flexibility index (Phi) is 5.79. The fourth-order valence-corrected chi connectivity index (χ4v) is 6.49. The quantitative estimate of drug-likeness (QED) is 0.619. The molecule has 0 amide bonds. The first-order chi connectivity index (χ1) is 13.9. The van der Waals surface area contributed by atoms with Crippen molar-refractivity contribution in [3.05, 3.63) is 22.0 Å². The van der Waals surface area contributed by atoms with Gasteiger partial charge < -0.3 is 14.6 Å². The summed E-state index contributed by atoms with van der Waals surface area (Å²) in [5.41, 5.74) is 0.818. The number of hydrogen-bond donors (Lipinski definition) is 1. The first kappa shape index (κ1) is 20.9. The normalized spacial score (nSPS) is 35.9. The zero-order chi connectivity index (χ0) is 20.8. The summed E-state index contributed by atoms with van der Waals surface area (Å²) >= 11 is 3.81. The molecular weight excluding hydrogens is 442 g/mol. The van der Waals surface area contributed by atoms with E-state index in [1.165, 1.54) is 12.7 Å². The third kappa shape index (κ3) is 3.53. The summed E-state index contributed by atoms with van der Waals surface area (Å²) in [5.74, 6) is 0.623. The lowest BCUT2D eigenvalue weighted by Gasteiger charge is -2.44. The molecule has 160 valence electrons. The highest BCUT2D eigenvalue weighted by atomic mass is 79.9. The van der Waals surface area contributed by atoms with Gasteiger partial charge in [-0.05, 0) is 31.3 Å². The molecule has 0 aromatic rings. The highest BCUT2D eigenvalue weighted by molar-refractivity contribution is 9.11. The number of hydrogen-bond acceptors (Lipinski definition) is 7. The molecular formula is C21H28BrNO6. The SMILES string of the molecule is COC(=O)CCC(=O)C1CCC2OC3=C4[C@@H](CC(O)C3)CN(OC)C=C(Br)C42C1. The van der Waals surface area contributed by atoms with Gasteiger partial charge in [0.25, 0.3) is 0 Å². The van der Waals surface area contributed by atoms with E-state index in [0.717, 1.165) is 23.1 Å².